The Morgan fingerprint density at radius 2 is 0.786 bits per heavy atom. The Hall–Kier alpha value is -1.32. The second-order valence-corrected chi connectivity index (χ2v) is 7.62. The van der Waals surface area contributed by atoms with Crippen molar-refractivity contribution >= 4 is 11.9 Å². The molecule has 0 radical (unpaired) electrons. The van der Waals surface area contributed by atoms with Crippen molar-refractivity contribution in [2.75, 3.05) is 13.2 Å². The Bertz CT molecular complexity index is 390. The zero-order valence-corrected chi connectivity index (χ0v) is 18.5. The van der Waals surface area contributed by atoms with Gasteiger partial charge in [-0.25, -0.2) is 9.59 Å². The van der Waals surface area contributed by atoms with E-state index < -0.39 is 11.9 Å². The molecule has 0 amide bonds. The fourth-order valence-electron chi connectivity index (χ4n) is 3.05. The van der Waals surface area contributed by atoms with E-state index in [4.69, 9.17) is 9.47 Å². The Balaban J connectivity index is 3.41. The van der Waals surface area contributed by atoms with Gasteiger partial charge in [0, 0.05) is 12.2 Å². The summed E-state index contributed by atoms with van der Waals surface area (Å²) in [5.41, 5.74) is 0. The van der Waals surface area contributed by atoms with E-state index in [1.165, 1.54) is 83.1 Å². The summed E-state index contributed by atoms with van der Waals surface area (Å²) in [6.07, 6.45) is 21.7. The van der Waals surface area contributed by atoms with Gasteiger partial charge in [-0.05, 0) is 12.8 Å². The Morgan fingerprint density at radius 1 is 0.500 bits per heavy atom. The van der Waals surface area contributed by atoms with Gasteiger partial charge in [0.05, 0.1) is 13.2 Å². The molecule has 0 N–H and O–H groups in total. The summed E-state index contributed by atoms with van der Waals surface area (Å²) in [7, 11) is 0. The number of hydrogen-bond acceptors (Lipinski definition) is 4. The highest BCUT2D eigenvalue weighted by atomic mass is 16.5. The minimum Gasteiger partial charge on any atom is -0.463 e. The lowest BCUT2D eigenvalue weighted by Crippen LogP contribution is -2.06. The second-order valence-electron chi connectivity index (χ2n) is 7.62. The number of carbonyl (C=O) groups is 2. The van der Waals surface area contributed by atoms with Gasteiger partial charge in [-0.1, -0.05) is 104 Å². The van der Waals surface area contributed by atoms with Gasteiger partial charge in [0.1, 0.15) is 0 Å². The molecule has 164 valence electrons. The van der Waals surface area contributed by atoms with E-state index in [9.17, 15) is 9.59 Å². The molecule has 4 nitrogen and oxygen atoms in total. The second kappa shape index (κ2) is 22.0. The normalized spacial score (nSPS) is 11.1. The van der Waals surface area contributed by atoms with Crippen molar-refractivity contribution in [3.63, 3.8) is 0 Å². The van der Waals surface area contributed by atoms with E-state index in [0.717, 1.165) is 31.8 Å². The van der Waals surface area contributed by atoms with E-state index in [1.807, 2.05) is 0 Å². The van der Waals surface area contributed by atoms with Crippen LogP contribution in [0.25, 0.3) is 0 Å². The van der Waals surface area contributed by atoms with Gasteiger partial charge >= 0.3 is 11.9 Å². The molecule has 0 aliphatic carbocycles. The van der Waals surface area contributed by atoms with Crippen molar-refractivity contribution < 1.29 is 19.1 Å². The van der Waals surface area contributed by atoms with Crippen molar-refractivity contribution in [3.8, 4) is 0 Å². The third-order valence-corrected chi connectivity index (χ3v) is 4.84. The summed E-state index contributed by atoms with van der Waals surface area (Å²) >= 11 is 0. The van der Waals surface area contributed by atoms with Crippen LogP contribution in [0, 0.1) is 0 Å². The van der Waals surface area contributed by atoms with Crippen LogP contribution in [0.2, 0.25) is 0 Å². The lowest BCUT2D eigenvalue weighted by Gasteiger charge is -2.04. The molecule has 0 aliphatic heterocycles. The molecule has 0 fully saturated rings. The molecule has 0 atom stereocenters. The summed E-state index contributed by atoms with van der Waals surface area (Å²) in [4.78, 5) is 23.1. The molecular weight excluding hydrogens is 352 g/mol. The first kappa shape index (κ1) is 26.7. The molecule has 0 rings (SSSR count). The molecule has 0 unspecified atom stereocenters. The average molecular weight is 397 g/mol. The smallest absolute Gasteiger partial charge is 0.331 e. The van der Waals surface area contributed by atoms with Gasteiger partial charge in [0.2, 0.25) is 0 Å². The van der Waals surface area contributed by atoms with Crippen LogP contribution in [0.4, 0.5) is 0 Å². The van der Waals surface area contributed by atoms with Gasteiger partial charge in [-0.15, -0.1) is 0 Å². The highest BCUT2D eigenvalue weighted by Crippen LogP contribution is 2.10. The maximum absolute atomic E-state index is 11.6. The van der Waals surface area contributed by atoms with Gasteiger partial charge in [0.25, 0.3) is 0 Å². The predicted octanol–water partition coefficient (Wildman–Crippen LogP) is 6.91. The van der Waals surface area contributed by atoms with Crippen molar-refractivity contribution in [2.24, 2.45) is 0 Å². The predicted molar refractivity (Wildman–Crippen MR) is 116 cm³/mol. The van der Waals surface area contributed by atoms with E-state index in [-0.39, 0.29) is 0 Å². The lowest BCUT2D eigenvalue weighted by atomic mass is 10.1. The van der Waals surface area contributed by atoms with Gasteiger partial charge in [0.15, 0.2) is 0 Å². The number of rotatable bonds is 20. The first-order valence-electron chi connectivity index (χ1n) is 11.7. The highest BCUT2D eigenvalue weighted by molar-refractivity contribution is 5.91. The Morgan fingerprint density at radius 3 is 1.11 bits per heavy atom. The molecule has 0 bridgehead atoms. The van der Waals surface area contributed by atoms with Crippen LogP contribution in [0.5, 0.6) is 0 Å². The van der Waals surface area contributed by atoms with Crippen molar-refractivity contribution in [3.05, 3.63) is 12.2 Å². The summed E-state index contributed by atoms with van der Waals surface area (Å²) in [5, 5.41) is 0. The van der Waals surface area contributed by atoms with Crippen LogP contribution in [-0.4, -0.2) is 25.2 Å². The first-order valence-corrected chi connectivity index (χ1v) is 11.7. The Labute approximate surface area is 173 Å². The maximum Gasteiger partial charge on any atom is 0.331 e. The number of esters is 2. The van der Waals surface area contributed by atoms with Crippen LogP contribution >= 0.6 is 0 Å². The molecule has 0 aliphatic rings. The molecule has 0 saturated carbocycles. The van der Waals surface area contributed by atoms with Crippen LogP contribution in [0.3, 0.4) is 0 Å². The number of ether oxygens (including phenoxy) is 2. The van der Waals surface area contributed by atoms with E-state index in [1.54, 1.807) is 0 Å². The molecular formula is C24H44O4. The maximum atomic E-state index is 11.6. The summed E-state index contributed by atoms with van der Waals surface area (Å²) in [6, 6.07) is 0. The largest absolute Gasteiger partial charge is 0.463 e. The molecule has 0 spiro atoms. The van der Waals surface area contributed by atoms with Crippen molar-refractivity contribution in [1.29, 1.82) is 0 Å². The number of hydrogen-bond donors (Lipinski definition) is 0. The van der Waals surface area contributed by atoms with Crippen LogP contribution < -0.4 is 0 Å². The summed E-state index contributed by atoms with van der Waals surface area (Å²) < 4.78 is 10.2. The molecule has 4 heteroatoms. The van der Waals surface area contributed by atoms with Crippen LogP contribution in [-0.2, 0) is 19.1 Å². The minimum atomic E-state index is -0.468. The average Bonchev–Trinajstić information content (AvgIpc) is 2.69. The topological polar surface area (TPSA) is 52.6 Å². The molecule has 0 aromatic carbocycles. The van der Waals surface area contributed by atoms with Crippen LogP contribution in [0.15, 0.2) is 12.2 Å². The van der Waals surface area contributed by atoms with Crippen molar-refractivity contribution in [1.82, 2.24) is 0 Å². The lowest BCUT2D eigenvalue weighted by molar-refractivity contribution is -0.140. The van der Waals surface area contributed by atoms with Gasteiger partial charge in [-0.2, -0.15) is 0 Å². The molecule has 28 heavy (non-hydrogen) atoms. The van der Waals surface area contributed by atoms with E-state index >= 15 is 0 Å². The van der Waals surface area contributed by atoms with Crippen molar-refractivity contribution in [2.45, 2.75) is 117 Å². The fourth-order valence-corrected chi connectivity index (χ4v) is 3.05. The standard InChI is InChI=1S/C24H44O4/c1-3-5-7-9-11-12-13-14-16-18-22-28-24(26)20-19-23(25)27-21-17-15-10-8-6-4-2/h19-20H,3-18,21-22H2,1-2H3. The highest BCUT2D eigenvalue weighted by Gasteiger charge is 2.01. The quantitative estimate of drug-likeness (QED) is 0.127. The van der Waals surface area contributed by atoms with E-state index in [0.29, 0.717) is 13.2 Å². The molecule has 0 aromatic rings. The monoisotopic (exact) mass is 396 g/mol. The third-order valence-electron chi connectivity index (χ3n) is 4.84. The minimum absolute atomic E-state index is 0.420. The number of carbonyl (C=O) groups excluding carboxylic acids is 2. The zero-order valence-electron chi connectivity index (χ0n) is 18.5. The zero-order chi connectivity index (χ0) is 20.7. The third kappa shape index (κ3) is 21.0. The molecule has 0 heterocycles. The summed E-state index contributed by atoms with van der Waals surface area (Å²) in [6.45, 7) is 5.28. The van der Waals surface area contributed by atoms with E-state index in [2.05, 4.69) is 13.8 Å². The fraction of sp³-hybridized carbons (Fsp3) is 0.833. The SMILES string of the molecule is CCCCCCCCCCCCOC(=O)C=CC(=O)OCCCCCCCC. The summed E-state index contributed by atoms with van der Waals surface area (Å²) in [5.74, 6) is -0.933. The van der Waals surface area contributed by atoms with Gasteiger partial charge < -0.3 is 9.47 Å². The first-order chi connectivity index (χ1) is 13.7. The number of unbranched alkanes of at least 4 members (excludes halogenated alkanes) is 14. The molecule has 0 aromatic heterocycles. The van der Waals surface area contributed by atoms with Crippen LogP contribution in [0.1, 0.15) is 117 Å². The van der Waals surface area contributed by atoms with Gasteiger partial charge in [-0.3, -0.25) is 0 Å². The molecule has 0 saturated heterocycles. The Kier molecular flexibility index (Phi) is 20.9.